The Morgan fingerprint density at radius 2 is 1.30 bits per heavy atom. The molecular formula is C36H46F3N. The van der Waals surface area contributed by atoms with Gasteiger partial charge in [-0.2, -0.15) is 5.26 Å². The standard InChI is InChI=1S/C36H46F3N/c1-2-3-4-5-24-6-8-25(9-7-24)10-11-26-14-21-31-32(22-26)35(38)36(39)33(34(31)37)30-19-17-29(18-20-30)28-15-12-27(23-40)13-16-28/h12-13,15-16,24-26,29-30H,2-11,14,17-22H2,1H3. The van der Waals surface area contributed by atoms with Crippen LogP contribution in [-0.4, -0.2) is 0 Å². The van der Waals surface area contributed by atoms with Crippen LogP contribution in [0.3, 0.4) is 0 Å². The van der Waals surface area contributed by atoms with Crippen molar-refractivity contribution in [1.29, 1.82) is 5.26 Å². The van der Waals surface area contributed by atoms with Crippen LogP contribution >= 0.6 is 0 Å². The van der Waals surface area contributed by atoms with Crippen molar-refractivity contribution in [2.75, 3.05) is 0 Å². The zero-order chi connectivity index (χ0) is 28.1. The summed E-state index contributed by atoms with van der Waals surface area (Å²) >= 11 is 0. The van der Waals surface area contributed by atoms with Crippen LogP contribution < -0.4 is 0 Å². The Labute approximate surface area is 239 Å². The Hall–Kier alpha value is -2.28. The monoisotopic (exact) mass is 549 g/mol. The van der Waals surface area contributed by atoms with E-state index in [2.05, 4.69) is 13.0 Å². The van der Waals surface area contributed by atoms with Gasteiger partial charge in [0.15, 0.2) is 11.6 Å². The SMILES string of the molecule is CCCCCC1CCC(CCC2CCc3c(F)c(C4CCC(c5ccc(C#N)cc5)CC4)c(F)c(F)c3C2)CC1. The molecule has 2 fully saturated rings. The number of nitriles is 1. The van der Waals surface area contributed by atoms with Crippen LogP contribution in [0.1, 0.15) is 143 Å². The molecule has 3 aliphatic rings. The molecule has 0 N–H and O–H groups in total. The number of hydrogen-bond acceptors (Lipinski definition) is 1. The van der Waals surface area contributed by atoms with Crippen LogP contribution in [0, 0.1) is 46.5 Å². The summed E-state index contributed by atoms with van der Waals surface area (Å²) in [5.41, 5.74) is 2.58. The molecule has 0 amide bonds. The molecule has 0 saturated heterocycles. The van der Waals surface area contributed by atoms with Crippen LogP contribution in [0.15, 0.2) is 24.3 Å². The molecule has 0 heterocycles. The van der Waals surface area contributed by atoms with Crippen molar-refractivity contribution in [3.63, 3.8) is 0 Å². The summed E-state index contributed by atoms with van der Waals surface area (Å²) in [7, 11) is 0. The largest absolute Gasteiger partial charge is 0.206 e. The van der Waals surface area contributed by atoms with Crippen LogP contribution in [0.5, 0.6) is 0 Å². The van der Waals surface area contributed by atoms with Gasteiger partial charge >= 0.3 is 0 Å². The Morgan fingerprint density at radius 1 is 0.675 bits per heavy atom. The summed E-state index contributed by atoms with van der Waals surface area (Å²) < 4.78 is 46.7. The van der Waals surface area contributed by atoms with Gasteiger partial charge in [0.25, 0.3) is 0 Å². The fourth-order valence-corrected chi connectivity index (χ4v) is 8.10. The molecule has 1 atom stereocenters. The van der Waals surface area contributed by atoms with Crippen molar-refractivity contribution < 1.29 is 13.2 Å². The predicted octanol–water partition coefficient (Wildman–Crippen LogP) is 10.7. The van der Waals surface area contributed by atoms with E-state index in [1.165, 1.54) is 63.4 Å². The number of rotatable bonds is 9. The van der Waals surface area contributed by atoms with Crippen LogP contribution in [0.4, 0.5) is 13.2 Å². The molecule has 0 bridgehead atoms. The molecule has 0 aromatic heterocycles. The Bertz CT molecular complexity index is 1160. The lowest BCUT2D eigenvalue weighted by molar-refractivity contribution is 0.232. The van der Waals surface area contributed by atoms with Crippen LogP contribution in [0.25, 0.3) is 0 Å². The summed E-state index contributed by atoms with van der Waals surface area (Å²) in [6.45, 7) is 2.26. The van der Waals surface area contributed by atoms with Crippen LogP contribution in [-0.2, 0) is 12.8 Å². The molecule has 216 valence electrons. The van der Waals surface area contributed by atoms with E-state index in [1.807, 2.05) is 24.3 Å². The summed E-state index contributed by atoms with van der Waals surface area (Å²) in [6, 6.07) is 9.77. The molecule has 1 unspecified atom stereocenters. The second-order valence-corrected chi connectivity index (χ2v) is 13.2. The maximum absolute atomic E-state index is 15.8. The summed E-state index contributed by atoms with van der Waals surface area (Å²) in [5, 5.41) is 9.04. The number of halogens is 3. The van der Waals surface area contributed by atoms with E-state index in [9.17, 15) is 0 Å². The highest BCUT2D eigenvalue weighted by Gasteiger charge is 2.35. The second kappa shape index (κ2) is 13.6. The first-order valence-corrected chi connectivity index (χ1v) is 16.2. The molecule has 2 aromatic rings. The molecule has 0 aliphatic heterocycles. The van der Waals surface area contributed by atoms with E-state index in [4.69, 9.17) is 5.26 Å². The second-order valence-electron chi connectivity index (χ2n) is 13.2. The minimum absolute atomic E-state index is 0.00340. The number of unbranched alkanes of at least 4 members (excludes halogenated alkanes) is 2. The van der Waals surface area contributed by atoms with Gasteiger partial charge in [-0.05, 0) is 110 Å². The van der Waals surface area contributed by atoms with Gasteiger partial charge in [-0.25, -0.2) is 13.2 Å². The van der Waals surface area contributed by atoms with Gasteiger partial charge in [0, 0.05) is 5.56 Å². The van der Waals surface area contributed by atoms with E-state index in [0.717, 1.165) is 37.5 Å². The fourth-order valence-electron chi connectivity index (χ4n) is 8.10. The normalized spacial score (nSPS) is 26.7. The summed E-state index contributed by atoms with van der Waals surface area (Å²) in [5.74, 6) is -0.127. The molecular weight excluding hydrogens is 503 g/mol. The van der Waals surface area contributed by atoms with E-state index < -0.39 is 17.5 Å². The lowest BCUT2D eigenvalue weighted by Gasteiger charge is -2.33. The highest BCUT2D eigenvalue weighted by Crippen LogP contribution is 2.45. The molecule has 0 radical (unpaired) electrons. The molecule has 3 aliphatic carbocycles. The van der Waals surface area contributed by atoms with Crippen molar-refractivity contribution in [2.24, 2.45) is 17.8 Å². The highest BCUT2D eigenvalue weighted by molar-refractivity contribution is 5.41. The van der Waals surface area contributed by atoms with E-state index >= 15 is 13.2 Å². The average Bonchev–Trinajstić information content (AvgIpc) is 3.00. The lowest BCUT2D eigenvalue weighted by Crippen LogP contribution is -2.23. The fraction of sp³-hybridized carbons (Fsp3) is 0.639. The van der Waals surface area contributed by atoms with Gasteiger partial charge in [0.1, 0.15) is 5.82 Å². The van der Waals surface area contributed by atoms with E-state index in [-0.39, 0.29) is 11.5 Å². The first-order chi connectivity index (χ1) is 19.5. The Balaban J connectivity index is 1.16. The van der Waals surface area contributed by atoms with Gasteiger partial charge in [-0.1, -0.05) is 76.8 Å². The smallest absolute Gasteiger partial charge is 0.165 e. The Morgan fingerprint density at radius 3 is 1.95 bits per heavy atom. The number of hydrogen-bond donors (Lipinski definition) is 0. The van der Waals surface area contributed by atoms with Crippen molar-refractivity contribution in [3.05, 3.63) is 69.5 Å². The minimum Gasteiger partial charge on any atom is -0.206 e. The van der Waals surface area contributed by atoms with Crippen molar-refractivity contribution in [2.45, 2.75) is 128 Å². The highest BCUT2D eigenvalue weighted by atomic mass is 19.2. The third-order valence-corrected chi connectivity index (χ3v) is 10.7. The van der Waals surface area contributed by atoms with Crippen molar-refractivity contribution in [3.8, 4) is 6.07 Å². The van der Waals surface area contributed by atoms with E-state index in [0.29, 0.717) is 54.2 Å². The van der Waals surface area contributed by atoms with Crippen LogP contribution in [0.2, 0.25) is 0 Å². The molecule has 0 spiro atoms. The summed E-state index contributed by atoms with van der Waals surface area (Å²) in [6.07, 6.45) is 17.8. The van der Waals surface area contributed by atoms with Gasteiger partial charge in [-0.15, -0.1) is 0 Å². The zero-order valence-corrected chi connectivity index (χ0v) is 24.3. The maximum Gasteiger partial charge on any atom is 0.165 e. The Kier molecular flexibility index (Phi) is 9.93. The lowest BCUT2D eigenvalue weighted by atomic mass is 9.73. The number of nitrogens with zero attached hydrogens (tertiary/aromatic N) is 1. The average molecular weight is 550 g/mol. The number of benzene rings is 2. The van der Waals surface area contributed by atoms with Crippen molar-refractivity contribution in [1.82, 2.24) is 0 Å². The van der Waals surface area contributed by atoms with Crippen molar-refractivity contribution >= 4 is 0 Å². The third kappa shape index (κ3) is 6.61. The molecule has 2 saturated carbocycles. The minimum atomic E-state index is -0.930. The van der Waals surface area contributed by atoms with Gasteiger partial charge < -0.3 is 0 Å². The third-order valence-electron chi connectivity index (χ3n) is 10.7. The van der Waals surface area contributed by atoms with Gasteiger partial charge in [0.2, 0.25) is 0 Å². The number of fused-ring (bicyclic) bond motifs is 1. The topological polar surface area (TPSA) is 23.8 Å². The first-order valence-electron chi connectivity index (χ1n) is 16.2. The maximum atomic E-state index is 15.8. The van der Waals surface area contributed by atoms with Gasteiger partial charge in [-0.3, -0.25) is 0 Å². The molecule has 4 heteroatoms. The zero-order valence-electron chi connectivity index (χ0n) is 24.3. The molecule has 5 rings (SSSR count). The first kappa shape index (κ1) is 29.2. The predicted molar refractivity (Wildman–Crippen MR) is 156 cm³/mol. The molecule has 1 nitrogen and oxygen atoms in total. The quantitative estimate of drug-likeness (QED) is 0.225. The summed E-state index contributed by atoms with van der Waals surface area (Å²) in [4.78, 5) is 0. The van der Waals surface area contributed by atoms with Gasteiger partial charge in [0.05, 0.1) is 11.6 Å². The molecule has 40 heavy (non-hydrogen) atoms. The van der Waals surface area contributed by atoms with E-state index in [1.54, 1.807) is 0 Å². The molecule has 2 aromatic carbocycles.